The number of carbonyl (C=O) groups excluding carboxylic acids is 1. The van der Waals surface area contributed by atoms with Crippen LogP contribution in [0.1, 0.15) is 46.0 Å². The number of alkyl halides is 3. The molecule has 7 heteroatoms. The van der Waals surface area contributed by atoms with E-state index in [4.69, 9.17) is 0 Å². The SMILES string of the molecule is CCCc1ccc(C(=O)Nc2ccc(CN3CCN(C)CC3)c(C(F)(F)F)c2)cc1C. The van der Waals surface area contributed by atoms with Crippen LogP contribution in [-0.4, -0.2) is 48.9 Å². The number of carbonyl (C=O) groups is 1. The van der Waals surface area contributed by atoms with E-state index < -0.39 is 17.6 Å². The molecule has 1 aliphatic heterocycles. The van der Waals surface area contributed by atoms with Crippen molar-refractivity contribution in [3.63, 3.8) is 0 Å². The summed E-state index contributed by atoms with van der Waals surface area (Å²) in [5.41, 5.74) is 2.30. The summed E-state index contributed by atoms with van der Waals surface area (Å²) in [7, 11) is 2.01. The molecule has 1 amide bonds. The average molecular weight is 434 g/mol. The van der Waals surface area contributed by atoms with Crippen LogP contribution in [-0.2, 0) is 19.1 Å². The quantitative estimate of drug-likeness (QED) is 0.699. The Kier molecular flexibility index (Phi) is 7.38. The second kappa shape index (κ2) is 9.83. The van der Waals surface area contributed by atoms with Crippen LogP contribution in [0.25, 0.3) is 0 Å². The van der Waals surface area contributed by atoms with Crippen molar-refractivity contribution >= 4 is 11.6 Å². The van der Waals surface area contributed by atoms with Gasteiger partial charge in [-0.25, -0.2) is 0 Å². The maximum Gasteiger partial charge on any atom is 0.416 e. The molecule has 0 atom stereocenters. The number of rotatable bonds is 6. The third-order valence-corrected chi connectivity index (χ3v) is 5.79. The summed E-state index contributed by atoms with van der Waals surface area (Å²) in [6.45, 7) is 7.43. The van der Waals surface area contributed by atoms with Crippen LogP contribution >= 0.6 is 0 Å². The van der Waals surface area contributed by atoms with Gasteiger partial charge >= 0.3 is 6.18 Å². The molecule has 0 unspecified atom stereocenters. The molecular weight excluding hydrogens is 403 g/mol. The van der Waals surface area contributed by atoms with Crippen LogP contribution in [0.2, 0.25) is 0 Å². The summed E-state index contributed by atoms with van der Waals surface area (Å²) in [5.74, 6) is -0.411. The second-order valence-corrected chi connectivity index (χ2v) is 8.29. The number of piperazine rings is 1. The maximum absolute atomic E-state index is 13.7. The van der Waals surface area contributed by atoms with Crippen molar-refractivity contribution in [2.24, 2.45) is 0 Å². The monoisotopic (exact) mass is 433 g/mol. The van der Waals surface area contributed by atoms with Crippen molar-refractivity contribution in [3.05, 3.63) is 64.2 Å². The highest BCUT2D eigenvalue weighted by atomic mass is 19.4. The van der Waals surface area contributed by atoms with Crippen molar-refractivity contribution < 1.29 is 18.0 Å². The maximum atomic E-state index is 13.7. The molecule has 1 fully saturated rings. The number of nitrogens with zero attached hydrogens (tertiary/aromatic N) is 2. The van der Waals surface area contributed by atoms with E-state index >= 15 is 0 Å². The lowest BCUT2D eigenvalue weighted by molar-refractivity contribution is -0.138. The van der Waals surface area contributed by atoms with Gasteiger partial charge < -0.3 is 10.2 Å². The van der Waals surface area contributed by atoms with Gasteiger partial charge in [0.2, 0.25) is 0 Å². The van der Waals surface area contributed by atoms with Gasteiger partial charge in [-0.3, -0.25) is 9.69 Å². The molecule has 0 bridgehead atoms. The highest BCUT2D eigenvalue weighted by Crippen LogP contribution is 2.34. The van der Waals surface area contributed by atoms with E-state index in [2.05, 4.69) is 17.1 Å². The lowest BCUT2D eigenvalue weighted by Gasteiger charge is -2.33. The zero-order valence-electron chi connectivity index (χ0n) is 18.4. The zero-order chi connectivity index (χ0) is 22.6. The summed E-state index contributed by atoms with van der Waals surface area (Å²) in [4.78, 5) is 16.8. The molecule has 0 saturated carbocycles. The first-order valence-electron chi connectivity index (χ1n) is 10.7. The Labute approximate surface area is 182 Å². The van der Waals surface area contributed by atoms with Gasteiger partial charge in [-0.1, -0.05) is 25.5 Å². The number of aryl methyl sites for hydroxylation is 2. The molecule has 2 aromatic carbocycles. The van der Waals surface area contributed by atoms with Gasteiger partial charge in [0.25, 0.3) is 5.91 Å². The second-order valence-electron chi connectivity index (χ2n) is 8.29. The topological polar surface area (TPSA) is 35.6 Å². The molecule has 31 heavy (non-hydrogen) atoms. The van der Waals surface area contributed by atoms with E-state index in [1.54, 1.807) is 18.2 Å². The fourth-order valence-electron chi connectivity index (χ4n) is 3.89. The number of halogens is 3. The summed E-state index contributed by atoms with van der Waals surface area (Å²) < 4.78 is 41.2. The fraction of sp³-hybridized carbons (Fsp3) is 0.458. The largest absolute Gasteiger partial charge is 0.416 e. The molecule has 4 nitrogen and oxygen atoms in total. The lowest BCUT2D eigenvalue weighted by atomic mass is 10.0. The third-order valence-electron chi connectivity index (χ3n) is 5.79. The van der Waals surface area contributed by atoms with Crippen molar-refractivity contribution in [3.8, 4) is 0 Å². The summed E-state index contributed by atoms with van der Waals surface area (Å²) in [5, 5.41) is 2.63. The van der Waals surface area contributed by atoms with Crippen LogP contribution < -0.4 is 5.32 Å². The van der Waals surface area contributed by atoms with Crippen LogP contribution in [0.15, 0.2) is 36.4 Å². The predicted octanol–water partition coefficient (Wildman–Crippen LogP) is 4.97. The Morgan fingerprint density at radius 3 is 2.32 bits per heavy atom. The number of nitrogens with one attached hydrogen (secondary N) is 1. The number of hydrogen-bond acceptors (Lipinski definition) is 3. The Morgan fingerprint density at radius 2 is 1.71 bits per heavy atom. The number of likely N-dealkylation sites (N-methyl/N-ethyl adjacent to an activating group) is 1. The Bertz CT molecular complexity index is 919. The minimum absolute atomic E-state index is 0.148. The lowest BCUT2D eigenvalue weighted by Crippen LogP contribution is -2.44. The zero-order valence-corrected chi connectivity index (χ0v) is 18.4. The molecule has 1 aliphatic rings. The Morgan fingerprint density at radius 1 is 1.03 bits per heavy atom. The Hall–Kier alpha value is -2.38. The highest BCUT2D eigenvalue weighted by molar-refractivity contribution is 6.04. The smallest absolute Gasteiger partial charge is 0.322 e. The van der Waals surface area contributed by atoms with Gasteiger partial charge in [0, 0.05) is 44.0 Å². The average Bonchev–Trinajstić information content (AvgIpc) is 2.71. The number of anilines is 1. The minimum Gasteiger partial charge on any atom is -0.322 e. The van der Waals surface area contributed by atoms with Gasteiger partial charge in [0.05, 0.1) is 5.56 Å². The normalized spacial score (nSPS) is 15.8. The summed E-state index contributed by atoms with van der Waals surface area (Å²) >= 11 is 0. The molecule has 0 radical (unpaired) electrons. The van der Waals surface area contributed by atoms with E-state index in [0.29, 0.717) is 5.56 Å². The van der Waals surface area contributed by atoms with Crippen LogP contribution in [0.3, 0.4) is 0 Å². The van der Waals surface area contributed by atoms with E-state index in [9.17, 15) is 18.0 Å². The first-order chi connectivity index (χ1) is 14.7. The molecule has 0 aliphatic carbocycles. The number of amides is 1. The number of hydrogen-bond donors (Lipinski definition) is 1. The van der Waals surface area contributed by atoms with Crippen molar-refractivity contribution in [1.29, 1.82) is 0 Å². The predicted molar refractivity (Wildman–Crippen MR) is 117 cm³/mol. The van der Waals surface area contributed by atoms with Gasteiger partial charge in [-0.2, -0.15) is 13.2 Å². The molecule has 2 aromatic rings. The van der Waals surface area contributed by atoms with E-state index in [-0.39, 0.29) is 17.8 Å². The van der Waals surface area contributed by atoms with Crippen molar-refractivity contribution in [2.45, 2.75) is 39.4 Å². The summed E-state index contributed by atoms with van der Waals surface area (Å²) in [6, 6.07) is 9.49. The van der Waals surface area contributed by atoms with Gasteiger partial charge in [-0.05, 0) is 61.3 Å². The molecule has 3 rings (SSSR count). The standard InChI is InChI=1S/C24H30F3N3O/c1-4-5-18-6-7-19(14-17(18)2)23(31)28-21-9-8-20(22(15-21)24(25,26)27)16-30-12-10-29(3)11-13-30/h6-9,14-15H,4-5,10-13,16H2,1-3H3,(H,28,31). The van der Waals surface area contributed by atoms with E-state index in [0.717, 1.165) is 50.7 Å². The molecule has 0 aromatic heterocycles. The Balaban J connectivity index is 1.77. The van der Waals surface area contributed by atoms with E-state index in [1.165, 1.54) is 11.6 Å². The van der Waals surface area contributed by atoms with Crippen LogP contribution in [0.4, 0.5) is 18.9 Å². The molecule has 168 valence electrons. The van der Waals surface area contributed by atoms with Crippen LogP contribution in [0, 0.1) is 6.92 Å². The van der Waals surface area contributed by atoms with Crippen molar-refractivity contribution in [2.75, 3.05) is 38.5 Å². The molecule has 1 saturated heterocycles. The minimum atomic E-state index is -4.49. The molecular formula is C24H30F3N3O. The number of benzene rings is 2. The molecule has 1 N–H and O–H groups in total. The third kappa shape index (κ3) is 6.08. The fourth-order valence-corrected chi connectivity index (χ4v) is 3.89. The van der Waals surface area contributed by atoms with Crippen molar-refractivity contribution in [1.82, 2.24) is 9.80 Å². The van der Waals surface area contributed by atoms with E-state index in [1.807, 2.05) is 24.9 Å². The first-order valence-corrected chi connectivity index (χ1v) is 10.7. The molecule has 0 spiro atoms. The highest BCUT2D eigenvalue weighted by Gasteiger charge is 2.34. The van der Waals surface area contributed by atoms with Gasteiger partial charge in [0.1, 0.15) is 0 Å². The molecule has 1 heterocycles. The first kappa shape index (κ1) is 23.3. The summed E-state index contributed by atoms with van der Waals surface area (Å²) in [6.07, 6.45) is -2.55. The van der Waals surface area contributed by atoms with Gasteiger partial charge in [-0.15, -0.1) is 0 Å². The van der Waals surface area contributed by atoms with Crippen LogP contribution in [0.5, 0.6) is 0 Å². The van der Waals surface area contributed by atoms with Gasteiger partial charge in [0.15, 0.2) is 0 Å².